The quantitative estimate of drug-likeness (QED) is 0.930. The number of aromatic hydroxyl groups is 1. The Balaban J connectivity index is 2.22. The number of aryl methyl sites for hydroxylation is 1. The van der Waals surface area contributed by atoms with E-state index >= 15 is 0 Å². The van der Waals surface area contributed by atoms with Gasteiger partial charge in [-0.3, -0.25) is 9.78 Å². The highest BCUT2D eigenvalue weighted by atomic mass is 16.3. The molecule has 2 aromatic rings. The lowest BCUT2D eigenvalue weighted by Gasteiger charge is -2.25. The van der Waals surface area contributed by atoms with Crippen LogP contribution < -0.4 is 0 Å². The predicted octanol–water partition coefficient (Wildman–Crippen LogP) is 2.32. The molecular weight excluding hydrogens is 254 g/mol. The molecular formula is C15H17N3O2. The number of para-hydroxylation sites is 1. The topological polar surface area (TPSA) is 66.3 Å². The number of phenolic OH excluding ortho intramolecular Hbond substituents is 1. The largest absolute Gasteiger partial charge is 0.508 e. The van der Waals surface area contributed by atoms with E-state index in [0.717, 1.165) is 5.69 Å². The number of amides is 1. The lowest BCUT2D eigenvalue weighted by Crippen LogP contribution is -2.30. The summed E-state index contributed by atoms with van der Waals surface area (Å²) >= 11 is 0. The monoisotopic (exact) mass is 271 g/mol. The molecule has 1 heterocycles. The van der Waals surface area contributed by atoms with Crippen LogP contribution in [-0.4, -0.2) is 32.9 Å². The average molecular weight is 271 g/mol. The van der Waals surface area contributed by atoms with Crippen LogP contribution in [0, 0.1) is 6.92 Å². The molecule has 20 heavy (non-hydrogen) atoms. The molecule has 0 aliphatic carbocycles. The molecule has 1 aromatic heterocycles. The van der Waals surface area contributed by atoms with Crippen LogP contribution in [0.3, 0.4) is 0 Å². The molecule has 5 nitrogen and oxygen atoms in total. The van der Waals surface area contributed by atoms with E-state index in [2.05, 4.69) is 9.97 Å². The van der Waals surface area contributed by atoms with E-state index in [1.807, 2.05) is 19.9 Å². The van der Waals surface area contributed by atoms with Crippen molar-refractivity contribution < 1.29 is 9.90 Å². The van der Waals surface area contributed by atoms with E-state index in [1.165, 1.54) is 11.1 Å². The second-order valence-electron chi connectivity index (χ2n) is 4.69. The molecule has 0 radical (unpaired) electrons. The van der Waals surface area contributed by atoms with Crippen LogP contribution in [0.1, 0.15) is 34.7 Å². The molecule has 5 heteroatoms. The summed E-state index contributed by atoms with van der Waals surface area (Å²) in [5.74, 6) is -0.0529. The highest BCUT2D eigenvalue weighted by Crippen LogP contribution is 2.27. The van der Waals surface area contributed by atoms with Crippen molar-refractivity contribution in [3.63, 3.8) is 0 Å². The summed E-state index contributed by atoms with van der Waals surface area (Å²) < 4.78 is 0. The molecule has 1 N–H and O–H groups in total. The van der Waals surface area contributed by atoms with Crippen molar-refractivity contribution in [1.82, 2.24) is 14.9 Å². The number of phenols is 1. The lowest BCUT2D eigenvalue weighted by atomic mass is 10.1. The molecule has 1 aromatic carbocycles. The van der Waals surface area contributed by atoms with Crippen molar-refractivity contribution >= 4 is 5.91 Å². The molecule has 0 saturated heterocycles. The minimum atomic E-state index is -0.258. The van der Waals surface area contributed by atoms with Gasteiger partial charge in [-0.2, -0.15) is 0 Å². The molecule has 2 rings (SSSR count). The lowest BCUT2D eigenvalue weighted by molar-refractivity contribution is 0.0735. The fourth-order valence-corrected chi connectivity index (χ4v) is 1.91. The maximum Gasteiger partial charge on any atom is 0.274 e. The average Bonchev–Trinajstić information content (AvgIpc) is 2.46. The van der Waals surface area contributed by atoms with Gasteiger partial charge in [0.2, 0.25) is 0 Å². The summed E-state index contributed by atoms with van der Waals surface area (Å²) in [5, 5.41) is 9.85. The number of nitrogens with zero attached hydrogens (tertiary/aromatic N) is 3. The second kappa shape index (κ2) is 5.69. The number of carbonyl (C=O) groups excluding carboxylic acids is 1. The van der Waals surface area contributed by atoms with Crippen molar-refractivity contribution in [3.8, 4) is 5.75 Å². The van der Waals surface area contributed by atoms with E-state index in [-0.39, 0.29) is 17.7 Å². The molecule has 1 unspecified atom stereocenters. The Kier molecular flexibility index (Phi) is 3.98. The highest BCUT2D eigenvalue weighted by molar-refractivity contribution is 5.92. The molecule has 1 atom stereocenters. The van der Waals surface area contributed by atoms with Gasteiger partial charge in [-0.05, 0) is 19.9 Å². The Hall–Kier alpha value is -2.43. The number of hydrogen-bond donors (Lipinski definition) is 1. The van der Waals surface area contributed by atoms with Gasteiger partial charge in [-0.25, -0.2) is 4.98 Å². The molecule has 0 spiro atoms. The molecule has 0 aliphatic heterocycles. The van der Waals surface area contributed by atoms with Crippen LogP contribution in [0.5, 0.6) is 5.75 Å². The fourth-order valence-electron chi connectivity index (χ4n) is 1.91. The first kappa shape index (κ1) is 14.0. The summed E-state index contributed by atoms with van der Waals surface area (Å²) in [5.41, 5.74) is 1.75. The van der Waals surface area contributed by atoms with Gasteiger partial charge in [0, 0.05) is 18.8 Å². The molecule has 104 valence electrons. The maximum absolute atomic E-state index is 12.3. The van der Waals surface area contributed by atoms with Gasteiger partial charge in [0.1, 0.15) is 11.4 Å². The second-order valence-corrected chi connectivity index (χ2v) is 4.69. The van der Waals surface area contributed by atoms with Crippen LogP contribution in [0.4, 0.5) is 0 Å². The molecule has 0 saturated carbocycles. The Labute approximate surface area is 117 Å². The number of rotatable bonds is 3. The summed E-state index contributed by atoms with van der Waals surface area (Å²) in [4.78, 5) is 22.0. The van der Waals surface area contributed by atoms with Crippen LogP contribution in [0.25, 0.3) is 0 Å². The van der Waals surface area contributed by atoms with Crippen molar-refractivity contribution in [2.24, 2.45) is 0 Å². The van der Waals surface area contributed by atoms with Crippen LogP contribution in [-0.2, 0) is 0 Å². The Morgan fingerprint density at radius 1 is 1.25 bits per heavy atom. The smallest absolute Gasteiger partial charge is 0.274 e. The summed E-state index contributed by atoms with van der Waals surface area (Å²) in [6.07, 6.45) is 3.03. The molecule has 0 fully saturated rings. The standard InChI is InChI=1S/C15H17N3O2/c1-10-8-17-13(9-16-10)15(20)18(3)11(2)12-6-4-5-7-14(12)19/h4-9,11,19H,1-3H3. The van der Waals surface area contributed by atoms with Crippen LogP contribution >= 0.6 is 0 Å². The van der Waals surface area contributed by atoms with Gasteiger partial charge < -0.3 is 10.0 Å². The highest BCUT2D eigenvalue weighted by Gasteiger charge is 2.21. The zero-order valence-electron chi connectivity index (χ0n) is 11.7. The first-order valence-corrected chi connectivity index (χ1v) is 6.34. The summed E-state index contributed by atoms with van der Waals surface area (Å²) in [6.45, 7) is 3.67. The van der Waals surface area contributed by atoms with Gasteiger partial charge >= 0.3 is 0 Å². The van der Waals surface area contributed by atoms with E-state index in [4.69, 9.17) is 0 Å². The third-order valence-corrected chi connectivity index (χ3v) is 3.29. The zero-order chi connectivity index (χ0) is 14.7. The number of carbonyl (C=O) groups is 1. The molecule has 1 amide bonds. The number of benzene rings is 1. The zero-order valence-corrected chi connectivity index (χ0v) is 11.7. The van der Waals surface area contributed by atoms with Gasteiger partial charge in [0.25, 0.3) is 5.91 Å². The van der Waals surface area contributed by atoms with Gasteiger partial charge in [-0.15, -0.1) is 0 Å². The third kappa shape index (κ3) is 2.77. The van der Waals surface area contributed by atoms with E-state index < -0.39 is 0 Å². The Bertz CT molecular complexity index is 611. The minimum Gasteiger partial charge on any atom is -0.508 e. The van der Waals surface area contributed by atoms with E-state index in [0.29, 0.717) is 11.3 Å². The van der Waals surface area contributed by atoms with Gasteiger partial charge in [-0.1, -0.05) is 18.2 Å². The van der Waals surface area contributed by atoms with Gasteiger partial charge in [0.15, 0.2) is 0 Å². The van der Waals surface area contributed by atoms with Crippen molar-refractivity contribution in [1.29, 1.82) is 0 Å². The fraction of sp³-hybridized carbons (Fsp3) is 0.267. The van der Waals surface area contributed by atoms with Crippen molar-refractivity contribution in [3.05, 3.63) is 53.6 Å². The Morgan fingerprint density at radius 2 is 1.95 bits per heavy atom. The first-order chi connectivity index (χ1) is 9.50. The summed E-state index contributed by atoms with van der Waals surface area (Å²) in [6, 6.07) is 6.72. The molecule has 0 bridgehead atoms. The number of aromatic nitrogens is 2. The maximum atomic E-state index is 12.3. The minimum absolute atomic E-state index is 0.176. The SMILES string of the molecule is Cc1cnc(C(=O)N(C)C(C)c2ccccc2O)cn1. The van der Waals surface area contributed by atoms with Gasteiger partial charge in [0.05, 0.1) is 17.9 Å². The van der Waals surface area contributed by atoms with Crippen LogP contribution in [0.2, 0.25) is 0 Å². The first-order valence-electron chi connectivity index (χ1n) is 6.34. The third-order valence-electron chi connectivity index (χ3n) is 3.29. The van der Waals surface area contributed by atoms with E-state index in [1.54, 1.807) is 31.4 Å². The number of hydrogen-bond acceptors (Lipinski definition) is 4. The molecule has 0 aliphatic rings. The predicted molar refractivity (Wildman–Crippen MR) is 75.4 cm³/mol. The normalized spacial score (nSPS) is 11.9. The Morgan fingerprint density at radius 3 is 2.55 bits per heavy atom. The van der Waals surface area contributed by atoms with Crippen LogP contribution in [0.15, 0.2) is 36.7 Å². The van der Waals surface area contributed by atoms with Crippen molar-refractivity contribution in [2.45, 2.75) is 19.9 Å². The van der Waals surface area contributed by atoms with E-state index in [9.17, 15) is 9.90 Å². The van der Waals surface area contributed by atoms with Crippen molar-refractivity contribution in [2.75, 3.05) is 7.05 Å². The summed E-state index contributed by atoms with van der Waals surface area (Å²) in [7, 11) is 1.68.